The van der Waals surface area contributed by atoms with Crippen molar-refractivity contribution >= 4 is 5.95 Å². The molecular weight excluding hydrogens is 176 g/mol. The summed E-state index contributed by atoms with van der Waals surface area (Å²) in [5, 5.41) is 4.23. The Hall–Kier alpha value is -1.16. The Labute approximate surface area is 84.5 Å². The van der Waals surface area contributed by atoms with Crippen LogP contribution in [0.1, 0.15) is 20.8 Å². The van der Waals surface area contributed by atoms with E-state index in [0.29, 0.717) is 0 Å². The highest BCUT2D eigenvalue weighted by Crippen LogP contribution is 2.29. The van der Waals surface area contributed by atoms with Gasteiger partial charge in [0.2, 0.25) is 0 Å². The first-order chi connectivity index (χ1) is 6.74. The lowest BCUT2D eigenvalue weighted by molar-refractivity contribution is 0.326. The molecule has 0 spiro atoms. The van der Waals surface area contributed by atoms with E-state index >= 15 is 0 Å². The van der Waals surface area contributed by atoms with Crippen LogP contribution in [-0.2, 0) is 6.54 Å². The molecule has 0 bridgehead atoms. The fraction of sp³-hybridized carbons (Fsp3) is 0.600. The van der Waals surface area contributed by atoms with Gasteiger partial charge in [-0.3, -0.25) is 0 Å². The Balaban J connectivity index is 2.56. The van der Waals surface area contributed by atoms with Crippen molar-refractivity contribution in [3.05, 3.63) is 18.1 Å². The SMILES string of the molecule is CC[N+]1(CC)C(C)=CCn2ncnc21. The number of fused-ring (bicyclic) bond motifs is 1. The standard InChI is InChI=1S/C10H17N4/c1-4-14(5-2)9(3)6-7-13-10(14)11-8-12-13/h6,8H,4-5,7H2,1-3H3/q+1. The number of rotatable bonds is 2. The molecule has 1 aromatic heterocycles. The first kappa shape index (κ1) is 9.40. The highest BCUT2D eigenvalue weighted by Gasteiger charge is 2.37. The molecule has 0 amide bonds. The van der Waals surface area contributed by atoms with Crippen LogP contribution < -0.4 is 4.48 Å². The highest BCUT2D eigenvalue weighted by molar-refractivity contribution is 5.36. The minimum atomic E-state index is 0.847. The molecule has 1 aliphatic heterocycles. The molecule has 0 atom stereocenters. The molecule has 0 aliphatic carbocycles. The summed E-state index contributed by atoms with van der Waals surface area (Å²) in [6, 6.07) is 0. The van der Waals surface area contributed by atoms with Crippen LogP contribution in [0.15, 0.2) is 18.1 Å². The summed E-state index contributed by atoms with van der Waals surface area (Å²) < 4.78 is 2.83. The molecular formula is C10H17N4+. The topological polar surface area (TPSA) is 30.7 Å². The van der Waals surface area contributed by atoms with E-state index in [1.165, 1.54) is 5.70 Å². The maximum Gasteiger partial charge on any atom is 0.332 e. The number of hydrogen-bond donors (Lipinski definition) is 0. The first-order valence-electron chi connectivity index (χ1n) is 5.17. The lowest BCUT2D eigenvalue weighted by Gasteiger charge is -2.36. The Morgan fingerprint density at radius 3 is 2.79 bits per heavy atom. The van der Waals surface area contributed by atoms with Gasteiger partial charge in [-0.1, -0.05) is 0 Å². The molecule has 14 heavy (non-hydrogen) atoms. The van der Waals surface area contributed by atoms with Gasteiger partial charge in [-0.05, 0) is 19.9 Å². The molecule has 4 heteroatoms. The van der Waals surface area contributed by atoms with Crippen LogP contribution in [-0.4, -0.2) is 27.9 Å². The zero-order valence-corrected chi connectivity index (χ0v) is 9.06. The van der Waals surface area contributed by atoms with E-state index in [1.54, 1.807) is 6.33 Å². The van der Waals surface area contributed by atoms with Crippen LogP contribution in [0.25, 0.3) is 0 Å². The first-order valence-corrected chi connectivity index (χ1v) is 5.17. The van der Waals surface area contributed by atoms with Gasteiger partial charge in [-0.2, -0.15) is 14.8 Å². The van der Waals surface area contributed by atoms with Gasteiger partial charge < -0.3 is 0 Å². The minimum Gasteiger partial charge on any atom is -0.230 e. The van der Waals surface area contributed by atoms with Gasteiger partial charge in [0.25, 0.3) is 0 Å². The number of allylic oxidation sites excluding steroid dienone is 2. The summed E-state index contributed by atoms with van der Waals surface area (Å²) >= 11 is 0. The van der Waals surface area contributed by atoms with E-state index in [9.17, 15) is 0 Å². The second-order valence-corrected chi connectivity index (χ2v) is 3.69. The van der Waals surface area contributed by atoms with Gasteiger partial charge >= 0.3 is 5.95 Å². The molecule has 0 unspecified atom stereocenters. The van der Waals surface area contributed by atoms with Crippen LogP contribution in [0.3, 0.4) is 0 Å². The third kappa shape index (κ3) is 1.04. The number of hydrogen-bond acceptors (Lipinski definition) is 2. The number of nitrogens with zero attached hydrogens (tertiary/aromatic N) is 4. The van der Waals surface area contributed by atoms with Gasteiger partial charge in [0.1, 0.15) is 12.0 Å². The van der Waals surface area contributed by atoms with Gasteiger partial charge in [0.05, 0.1) is 19.6 Å². The number of aromatic nitrogens is 3. The fourth-order valence-electron chi connectivity index (χ4n) is 2.27. The molecule has 0 aromatic carbocycles. The Morgan fingerprint density at radius 2 is 2.14 bits per heavy atom. The van der Waals surface area contributed by atoms with Crippen molar-refractivity contribution in [1.29, 1.82) is 0 Å². The van der Waals surface area contributed by atoms with E-state index in [-0.39, 0.29) is 0 Å². The van der Waals surface area contributed by atoms with E-state index in [0.717, 1.165) is 30.1 Å². The molecule has 4 nitrogen and oxygen atoms in total. The summed E-state index contributed by atoms with van der Waals surface area (Å²) in [6.45, 7) is 9.53. The lowest BCUT2D eigenvalue weighted by atomic mass is 10.2. The zero-order chi connectivity index (χ0) is 10.2. The fourth-order valence-corrected chi connectivity index (χ4v) is 2.27. The average molecular weight is 193 g/mol. The third-order valence-corrected chi connectivity index (χ3v) is 3.29. The van der Waals surface area contributed by atoms with Crippen LogP contribution in [0.5, 0.6) is 0 Å². The van der Waals surface area contributed by atoms with Crippen LogP contribution in [0.2, 0.25) is 0 Å². The lowest BCUT2D eigenvalue weighted by Crippen LogP contribution is -2.50. The monoisotopic (exact) mass is 193 g/mol. The van der Waals surface area contributed by atoms with Crippen molar-refractivity contribution in [2.75, 3.05) is 13.1 Å². The average Bonchev–Trinajstić information content (AvgIpc) is 2.67. The van der Waals surface area contributed by atoms with Crippen molar-refractivity contribution in [3.63, 3.8) is 0 Å². The second kappa shape index (κ2) is 3.20. The molecule has 0 N–H and O–H groups in total. The maximum absolute atomic E-state index is 4.39. The van der Waals surface area contributed by atoms with E-state index in [2.05, 4.69) is 36.9 Å². The van der Waals surface area contributed by atoms with Gasteiger partial charge in [-0.15, -0.1) is 0 Å². The molecule has 0 saturated carbocycles. The van der Waals surface area contributed by atoms with Crippen molar-refractivity contribution in [2.24, 2.45) is 0 Å². The normalized spacial score (nSPS) is 18.9. The largest absolute Gasteiger partial charge is 0.332 e. The Bertz CT molecular complexity index is 360. The van der Waals surface area contributed by atoms with Crippen LogP contribution >= 0.6 is 0 Å². The van der Waals surface area contributed by atoms with E-state index < -0.39 is 0 Å². The van der Waals surface area contributed by atoms with Crippen LogP contribution in [0.4, 0.5) is 5.95 Å². The number of quaternary nitrogens is 1. The quantitative estimate of drug-likeness (QED) is 0.667. The smallest absolute Gasteiger partial charge is 0.230 e. The second-order valence-electron chi connectivity index (χ2n) is 3.69. The summed E-state index contributed by atoms with van der Waals surface area (Å²) in [4.78, 5) is 4.39. The van der Waals surface area contributed by atoms with Gasteiger partial charge in [0, 0.05) is 6.92 Å². The van der Waals surface area contributed by atoms with Crippen molar-refractivity contribution < 1.29 is 0 Å². The molecule has 1 aromatic rings. The predicted octanol–water partition coefficient (Wildman–Crippen LogP) is 1.54. The van der Waals surface area contributed by atoms with Gasteiger partial charge in [0.15, 0.2) is 0 Å². The summed E-state index contributed by atoms with van der Waals surface area (Å²) in [6.07, 6.45) is 3.90. The molecule has 0 saturated heterocycles. The summed E-state index contributed by atoms with van der Waals surface area (Å²) in [7, 11) is 0. The Kier molecular flexibility index (Phi) is 2.15. The van der Waals surface area contributed by atoms with Crippen LogP contribution in [0, 0.1) is 0 Å². The molecule has 76 valence electrons. The van der Waals surface area contributed by atoms with Crippen molar-refractivity contribution in [2.45, 2.75) is 27.3 Å². The van der Waals surface area contributed by atoms with E-state index in [4.69, 9.17) is 0 Å². The van der Waals surface area contributed by atoms with Crippen molar-refractivity contribution in [1.82, 2.24) is 19.2 Å². The van der Waals surface area contributed by atoms with Crippen molar-refractivity contribution in [3.8, 4) is 0 Å². The Morgan fingerprint density at radius 1 is 1.43 bits per heavy atom. The van der Waals surface area contributed by atoms with Gasteiger partial charge in [-0.25, -0.2) is 4.48 Å². The van der Waals surface area contributed by atoms with E-state index in [1.807, 2.05) is 4.68 Å². The predicted molar refractivity (Wildman–Crippen MR) is 56.7 cm³/mol. The molecule has 0 radical (unpaired) electrons. The minimum absolute atomic E-state index is 0.847. The summed E-state index contributed by atoms with van der Waals surface area (Å²) in [5.74, 6) is 1.08. The summed E-state index contributed by atoms with van der Waals surface area (Å²) in [5.41, 5.74) is 1.38. The highest BCUT2D eigenvalue weighted by atomic mass is 15.5. The molecule has 2 rings (SSSR count). The zero-order valence-electron chi connectivity index (χ0n) is 9.06. The molecule has 0 fully saturated rings. The molecule has 2 heterocycles. The maximum atomic E-state index is 4.39. The third-order valence-electron chi connectivity index (χ3n) is 3.29. The molecule has 1 aliphatic rings.